The molecule has 0 aromatic heterocycles. The van der Waals surface area contributed by atoms with Crippen molar-refractivity contribution in [2.75, 3.05) is 31.6 Å². The first-order valence-electron chi connectivity index (χ1n) is 9.27. The molecule has 0 radical (unpaired) electrons. The van der Waals surface area contributed by atoms with Gasteiger partial charge in [0.2, 0.25) is 0 Å². The van der Waals surface area contributed by atoms with E-state index in [0.717, 1.165) is 25.1 Å². The summed E-state index contributed by atoms with van der Waals surface area (Å²) in [7, 11) is 0. The summed E-state index contributed by atoms with van der Waals surface area (Å²) in [5.74, 6) is 0.182. The lowest BCUT2D eigenvalue weighted by Gasteiger charge is -2.33. The number of hydrogen-bond acceptors (Lipinski definition) is 5. The van der Waals surface area contributed by atoms with Gasteiger partial charge in [0.05, 0.1) is 12.2 Å². The summed E-state index contributed by atoms with van der Waals surface area (Å²) in [6.45, 7) is 10.0. The van der Waals surface area contributed by atoms with Gasteiger partial charge in [-0.25, -0.2) is 9.59 Å². The molecule has 0 atom stereocenters. The summed E-state index contributed by atoms with van der Waals surface area (Å²) in [5.41, 5.74) is 1.00. The van der Waals surface area contributed by atoms with Crippen LogP contribution < -0.4 is 5.32 Å². The molecule has 2 rings (SSSR count). The molecule has 1 aliphatic heterocycles. The average Bonchev–Trinajstić information content (AvgIpc) is 2.59. The lowest BCUT2D eigenvalue weighted by Crippen LogP contribution is -2.42. The summed E-state index contributed by atoms with van der Waals surface area (Å²) >= 11 is 0. The maximum atomic E-state index is 12.1. The molecule has 6 nitrogen and oxygen atoms in total. The van der Waals surface area contributed by atoms with Crippen molar-refractivity contribution in [1.82, 2.24) is 4.90 Å². The van der Waals surface area contributed by atoms with Crippen molar-refractivity contribution in [1.29, 1.82) is 0 Å². The first kappa shape index (κ1) is 20.1. The summed E-state index contributed by atoms with van der Waals surface area (Å²) in [5, 5.41) is 3.39. The maximum Gasteiger partial charge on any atom is 0.410 e. The molecule has 1 saturated heterocycles. The zero-order chi connectivity index (χ0) is 19.2. The molecule has 1 aromatic carbocycles. The zero-order valence-electron chi connectivity index (χ0n) is 16.2. The Morgan fingerprint density at radius 1 is 1.23 bits per heavy atom. The highest BCUT2D eigenvalue weighted by atomic mass is 16.6. The van der Waals surface area contributed by atoms with E-state index in [0.29, 0.717) is 31.2 Å². The van der Waals surface area contributed by atoms with Crippen LogP contribution in [0.2, 0.25) is 0 Å². The number of nitrogens with one attached hydrogen (secondary N) is 1. The Bertz CT molecular complexity index is 616. The number of benzene rings is 1. The van der Waals surface area contributed by atoms with E-state index in [9.17, 15) is 9.59 Å². The fraction of sp³-hybridized carbons (Fsp3) is 0.600. The summed E-state index contributed by atoms with van der Waals surface area (Å²) < 4.78 is 10.5. The van der Waals surface area contributed by atoms with Crippen molar-refractivity contribution < 1.29 is 19.1 Å². The Kier molecular flexibility index (Phi) is 6.89. The number of likely N-dealkylation sites (tertiary alicyclic amines) is 1. The molecule has 0 saturated carbocycles. The highest BCUT2D eigenvalue weighted by molar-refractivity contribution is 5.90. The maximum absolute atomic E-state index is 12.1. The van der Waals surface area contributed by atoms with Gasteiger partial charge in [-0.05, 0) is 64.7 Å². The Hall–Kier alpha value is -2.24. The molecular formula is C20H30N2O4. The second-order valence-electron chi connectivity index (χ2n) is 7.59. The largest absolute Gasteiger partial charge is 0.462 e. The molecule has 0 bridgehead atoms. The Morgan fingerprint density at radius 2 is 1.92 bits per heavy atom. The van der Waals surface area contributed by atoms with Crippen molar-refractivity contribution >= 4 is 17.7 Å². The van der Waals surface area contributed by atoms with E-state index in [1.807, 2.05) is 39.0 Å². The van der Waals surface area contributed by atoms with Gasteiger partial charge in [0.25, 0.3) is 0 Å². The number of amides is 1. The quantitative estimate of drug-likeness (QED) is 0.804. The lowest BCUT2D eigenvalue weighted by molar-refractivity contribution is 0.0188. The van der Waals surface area contributed by atoms with E-state index >= 15 is 0 Å². The highest BCUT2D eigenvalue weighted by Crippen LogP contribution is 2.21. The minimum atomic E-state index is -0.459. The van der Waals surface area contributed by atoms with Gasteiger partial charge in [0.15, 0.2) is 0 Å². The highest BCUT2D eigenvalue weighted by Gasteiger charge is 2.26. The number of carbonyl (C=O) groups is 2. The van der Waals surface area contributed by atoms with Crippen LogP contribution in [0.3, 0.4) is 0 Å². The molecule has 26 heavy (non-hydrogen) atoms. The van der Waals surface area contributed by atoms with Gasteiger partial charge in [-0.3, -0.25) is 0 Å². The van der Waals surface area contributed by atoms with E-state index in [1.54, 1.807) is 17.9 Å². The summed E-state index contributed by atoms with van der Waals surface area (Å²) in [6, 6.07) is 7.36. The van der Waals surface area contributed by atoms with Crippen LogP contribution in [0.4, 0.5) is 10.5 Å². The third-order valence-electron chi connectivity index (χ3n) is 4.23. The molecule has 0 unspecified atom stereocenters. The average molecular weight is 362 g/mol. The molecule has 1 N–H and O–H groups in total. The van der Waals surface area contributed by atoms with Gasteiger partial charge in [-0.2, -0.15) is 0 Å². The van der Waals surface area contributed by atoms with Crippen LogP contribution in [-0.4, -0.2) is 48.8 Å². The minimum absolute atomic E-state index is 0.231. The second-order valence-corrected chi connectivity index (χ2v) is 7.59. The first-order valence-corrected chi connectivity index (χ1v) is 9.27. The number of rotatable bonds is 5. The Morgan fingerprint density at radius 3 is 2.54 bits per heavy atom. The zero-order valence-corrected chi connectivity index (χ0v) is 16.2. The number of ether oxygens (including phenoxy) is 2. The van der Waals surface area contributed by atoms with Gasteiger partial charge < -0.3 is 19.7 Å². The molecule has 1 aromatic rings. The number of carbonyl (C=O) groups excluding carboxylic acids is 2. The van der Waals surface area contributed by atoms with Crippen molar-refractivity contribution in [2.45, 2.75) is 46.1 Å². The third kappa shape index (κ3) is 6.24. The van der Waals surface area contributed by atoms with E-state index in [2.05, 4.69) is 5.32 Å². The van der Waals surface area contributed by atoms with Crippen LogP contribution in [0.1, 0.15) is 50.9 Å². The van der Waals surface area contributed by atoms with Gasteiger partial charge in [-0.15, -0.1) is 0 Å². The van der Waals surface area contributed by atoms with Crippen LogP contribution >= 0.6 is 0 Å². The predicted molar refractivity (Wildman–Crippen MR) is 101 cm³/mol. The van der Waals surface area contributed by atoms with Crippen LogP contribution in [0.5, 0.6) is 0 Å². The van der Waals surface area contributed by atoms with Gasteiger partial charge in [0, 0.05) is 25.3 Å². The molecule has 1 amide bonds. The molecule has 0 aliphatic carbocycles. The van der Waals surface area contributed by atoms with E-state index in [1.165, 1.54) is 0 Å². The summed E-state index contributed by atoms with van der Waals surface area (Å²) in [6.07, 6.45) is 1.64. The van der Waals surface area contributed by atoms with Crippen molar-refractivity contribution in [3.05, 3.63) is 29.8 Å². The fourth-order valence-electron chi connectivity index (χ4n) is 2.88. The van der Waals surface area contributed by atoms with Gasteiger partial charge in [0.1, 0.15) is 5.60 Å². The van der Waals surface area contributed by atoms with E-state index in [4.69, 9.17) is 9.47 Å². The Labute approximate surface area is 155 Å². The molecule has 1 heterocycles. The molecule has 6 heteroatoms. The molecule has 144 valence electrons. The summed E-state index contributed by atoms with van der Waals surface area (Å²) in [4.78, 5) is 25.7. The first-order chi connectivity index (χ1) is 12.3. The predicted octanol–water partition coefficient (Wildman–Crippen LogP) is 3.92. The third-order valence-corrected chi connectivity index (χ3v) is 4.23. The number of piperidine rings is 1. The monoisotopic (exact) mass is 362 g/mol. The fourth-order valence-corrected chi connectivity index (χ4v) is 2.88. The van der Waals surface area contributed by atoms with Crippen LogP contribution in [0.25, 0.3) is 0 Å². The van der Waals surface area contributed by atoms with Crippen molar-refractivity contribution in [3.8, 4) is 0 Å². The van der Waals surface area contributed by atoms with Crippen molar-refractivity contribution in [3.63, 3.8) is 0 Å². The van der Waals surface area contributed by atoms with Crippen molar-refractivity contribution in [2.24, 2.45) is 5.92 Å². The molecule has 1 aliphatic rings. The van der Waals surface area contributed by atoms with Crippen LogP contribution in [0, 0.1) is 5.92 Å². The Balaban J connectivity index is 1.79. The standard InChI is InChI=1S/C20H30N2O4/c1-5-25-18(23)16-7-6-8-17(13-16)21-14-15-9-11-22(12-10-15)19(24)26-20(2,3)4/h6-8,13,15,21H,5,9-12,14H2,1-4H3. The normalized spacial score (nSPS) is 15.5. The van der Waals surface area contributed by atoms with Gasteiger partial charge in [-0.1, -0.05) is 6.07 Å². The van der Waals surface area contributed by atoms with Crippen LogP contribution in [0.15, 0.2) is 24.3 Å². The van der Waals surface area contributed by atoms with Crippen LogP contribution in [-0.2, 0) is 9.47 Å². The number of hydrogen-bond donors (Lipinski definition) is 1. The second kappa shape index (κ2) is 8.92. The molecule has 0 spiro atoms. The van der Waals surface area contributed by atoms with E-state index < -0.39 is 5.60 Å². The SMILES string of the molecule is CCOC(=O)c1cccc(NCC2CCN(C(=O)OC(C)(C)C)CC2)c1. The number of nitrogens with zero attached hydrogens (tertiary/aromatic N) is 1. The smallest absolute Gasteiger partial charge is 0.410 e. The topological polar surface area (TPSA) is 67.9 Å². The number of anilines is 1. The van der Waals surface area contributed by atoms with Gasteiger partial charge >= 0.3 is 12.1 Å². The molecule has 1 fully saturated rings. The molecular weight excluding hydrogens is 332 g/mol. The number of esters is 1. The minimum Gasteiger partial charge on any atom is -0.462 e. The van der Waals surface area contributed by atoms with E-state index in [-0.39, 0.29) is 12.1 Å². The lowest BCUT2D eigenvalue weighted by atomic mass is 9.97.